The largest absolute Gasteiger partial charge is 0.490 e. The molecule has 1 saturated carbocycles. The molecule has 1 aliphatic carbocycles. The van der Waals surface area contributed by atoms with Gasteiger partial charge in [0.05, 0.1) is 24.5 Å². The van der Waals surface area contributed by atoms with Gasteiger partial charge >= 0.3 is 18.3 Å². The molecular formula is C24H24F6N6O3. The van der Waals surface area contributed by atoms with Gasteiger partial charge in [0.15, 0.2) is 5.82 Å². The lowest BCUT2D eigenvalue weighted by molar-refractivity contribution is -0.192. The minimum absolute atomic E-state index is 0.103. The number of halogens is 6. The smallest absolute Gasteiger partial charge is 0.475 e. The van der Waals surface area contributed by atoms with Crippen molar-refractivity contribution in [3.63, 3.8) is 0 Å². The highest BCUT2D eigenvalue weighted by atomic mass is 19.4. The van der Waals surface area contributed by atoms with Crippen molar-refractivity contribution in [2.45, 2.75) is 31.1 Å². The molecule has 0 unspecified atom stereocenters. The van der Waals surface area contributed by atoms with E-state index in [1.54, 1.807) is 6.07 Å². The Bertz CT molecular complexity index is 1270. The fourth-order valence-electron chi connectivity index (χ4n) is 3.72. The molecule has 2 aromatic heterocycles. The zero-order chi connectivity index (χ0) is 28.2. The number of benzene rings is 1. The van der Waals surface area contributed by atoms with Gasteiger partial charge in [-0.15, -0.1) is 0 Å². The third kappa shape index (κ3) is 7.75. The molecule has 0 bridgehead atoms. The SMILES string of the molecule is FC(F)(F)c1cnc(Nc2ccc(N3CCOCC3)cc2)cc1Nc1cc(C2CC2)[nH]n1.O=C(O)C(F)(F)F. The van der Waals surface area contributed by atoms with E-state index in [1.807, 2.05) is 24.3 Å². The number of aliphatic carboxylic acids is 1. The molecule has 3 heterocycles. The van der Waals surface area contributed by atoms with Gasteiger partial charge in [0, 0.05) is 54.4 Å². The maximum absolute atomic E-state index is 13.5. The van der Waals surface area contributed by atoms with Crippen molar-refractivity contribution in [3.8, 4) is 0 Å². The maximum atomic E-state index is 13.5. The van der Waals surface area contributed by atoms with Crippen molar-refractivity contribution in [1.82, 2.24) is 15.2 Å². The van der Waals surface area contributed by atoms with Crippen LogP contribution in [0.1, 0.15) is 30.0 Å². The van der Waals surface area contributed by atoms with E-state index in [9.17, 15) is 26.3 Å². The van der Waals surface area contributed by atoms with Crippen LogP contribution in [0.5, 0.6) is 0 Å². The predicted octanol–water partition coefficient (Wildman–Crippen LogP) is 5.66. The normalized spacial score (nSPS) is 15.8. The molecule has 0 radical (unpaired) electrons. The second-order valence-electron chi connectivity index (χ2n) is 8.79. The zero-order valence-corrected chi connectivity index (χ0v) is 20.2. The second kappa shape index (κ2) is 11.4. The Labute approximate surface area is 218 Å². The maximum Gasteiger partial charge on any atom is 0.490 e. The highest BCUT2D eigenvalue weighted by molar-refractivity contribution is 5.73. The third-order valence-corrected chi connectivity index (χ3v) is 5.85. The second-order valence-corrected chi connectivity index (χ2v) is 8.79. The molecule has 15 heteroatoms. The number of nitrogens with one attached hydrogen (secondary N) is 3. The van der Waals surface area contributed by atoms with E-state index in [2.05, 4.69) is 30.7 Å². The van der Waals surface area contributed by atoms with Crippen LogP contribution in [-0.2, 0) is 15.7 Å². The number of anilines is 5. The summed E-state index contributed by atoms with van der Waals surface area (Å²) >= 11 is 0. The molecule has 1 aromatic carbocycles. The van der Waals surface area contributed by atoms with E-state index in [1.165, 1.54) is 6.07 Å². The molecule has 210 valence electrons. The van der Waals surface area contributed by atoms with Gasteiger partial charge in [0.25, 0.3) is 0 Å². The van der Waals surface area contributed by atoms with Crippen LogP contribution < -0.4 is 15.5 Å². The summed E-state index contributed by atoms with van der Waals surface area (Å²) < 4.78 is 77.7. The number of carbonyl (C=O) groups is 1. The Morgan fingerprint density at radius 1 is 1.00 bits per heavy atom. The molecular weight excluding hydrogens is 534 g/mol. The molecule has 2 aliphatic rings. The van der Waals surface area contributed by atoms with Crippen molar-refractivity contribution >= 4 is 34.7 Å². The minimum atomic E-state index is -5.08. The van der Waals surface area contributed by atoms with Crippen molar-refractivity contribution in [3.05, 3.63) is 53.9 Å². The highest BCUT2D eigenvalue weighted by Crippen LogP contribution is 2.41. The van der Waals surface area contributed by atoms with Crippen LogP contribution in [0.15, 0.2) is 42.6 Å². The number of pyridine rings is 1. The van der Waals surface area contributed by atoms with E-state index >= 15 is 0 Å². The number of hydrogen-bond donors (Lipinski definition) is 4. The number of alkyl halides is 6. The molecule has 1 aliphatic heterocycles. The molecule has 0 atom stereocenters. The van der Waals surface area contributed by atoms with Crippen molar-refractivity contribution < 1.29 is 41.0 Å². The summed E-state index contributed by atoms with van der Waals surface area (Å²) in [4.78, 5) is 15.1. The first-order chi connectivity index (χ1) is 18.4. The quantitative estimate of drug-likeness (QED) is 0.287. The van der Waals surface area contributed by atoms with Crippen LogP contribution in [0, 0.1) is 0 Å². The van der Waals surface area contributed by atoms with Crippen LogP contribution in [-0.4, -0.2) is 58.7 Å². The molecule has 0 amide bonds. The average Bonchev–Trinajstić information content (AvgIpc) is 3.63. The number of carboxylic acids is 1. The summed E-state index contributed by atoms with van der Waals surface area (Å²) in [7, 11) is 0. The minimum Gasteiger partial charge on any atom is -0.475 e. The Hall–Kier alpha value is -4.01. The first kappa shape index (κ1) is 28.0. The highest BCUT2D eigenvalue weighted by Gasteiger charge is 2.38. The third-order valence-electron chi connectivity index (χ3n) is 5.85. The Morgan fingerprint density at radius 3 is 2.21 bits per heavy atom. The van der Waals surface area contributed by atoms with Gasteiger partial charge in [-0.25, -0.2) is 9.78 Å². The lowest BCUT2D eigenvalue weighted by Gasteiger charge is -2.28. The first-order valence-corrected chi connectivity index (χ1v) is 11.8. The number of ether oxygens (including phenoxy) is 1. The van der Waals surface area contributed by atoms with E-state index < -0.39 is 23.9 Å². The first-order valence-electron chi connectivity index (χ1n) is 11.8. The lowest BCUT2D eigenvalue weighted by Crippen LogP contribution is -2.36. The summed E-state index contributed by atoms with van der Waals surface area (Å²) in [5, 5.41) is 20.0. The van der Waals surface area contributed by atoms with Crippen molar-refractivity contribution in [1.29, 1.82) is 0 Å². The lowest BCUT2D eigenvalue weighted by atomic mass is 10.2. The van der Waals surface area contributed by atoms with Crippen molar-refractivity contribution in [2.24, 2.45) is 0 Å². The molecule has 9 nitrogen and oxygen atoms in total. The van der Waals surface area contributed by atoms with Crippen LogP contribution in [0.3, 0.4) is 0 Å². The Balaban J connectivity index is 0.000000448. The molecule has 5 rings (SSSR count). The van der Waals surface area contributed by atoms with E-state index in [4.69, 9.17) is 14.6 Å². The Kier molecular flexibility index (Phi) is 8.18. The summed E-state index contributed by atoms with van der Waals surface area (Å²) in [6.45, 7) is 3.06. The van der Waals surface area contributed by atoms with E-state index in [-0.39, 0.29) is 5.69 Å². The summed E-state index contributed by atoms with van der Waals surface area (Å²) in [5.74, 6) is -1.68. The summed E-state index contributed by atoms with van der Waals surface area (Å²) in [6.07, 6.45) is -6.64. The number of rotatable bonds is 6. The zero-order valence-electron chi connectivity index (χ0n) is 20.2. The average molecular weight is 558 g/mol. The molecule has 4 N–H and O–H groups in total. The van der Waals surface area contributed by atoms with Crippen molar-refractivity contribution in [2.75, 3.05) is 41.8 Å². The number of carboxylic acid groups (broad SMARTS) is 1. The van der Waals surface area contributed by atoms with Gasteiger partial charge < -0.3 is 25.4 Å². The fourth-order valence-corrected chi connectivity index (χ4v) is 3.72. The topological polar surface area (TPSA) is 115 Å². The van der Waals surface area contributed by atoms with E-state index in [0.29, 0.717) is 30.8 Å². The van der Waals surface area contributed by atoms with Crippen LogP contribution >= 0.6 is 0 Å². The monoisotopic (exact) mass is 558 g/mol. The number of aromatic amines is 1. The van der Waals surface area contributed by atoms with E-state index in [0.717, 1.165) is 49.2 Å². The van der Waals surface area contributed by atoms with Crippen LogP contribution in [0.25, 0.3) is 0 Å². The van der Waals surface area contributed by atoms with Gasteiger partial charge in [-0.1, -0.05) is 0 Å². The van der Waals surface area contributed by atoms with Gasteiger partial charge in [0.2, 0.25) is 0 Å². The number of aromatic nitrogens is 3. The number of nitrogens with zero attached hydrogens (tertiary/aromatic N) is 3. The summed E-state index contributed by atoms with van der Waals surface area (Å²) in [5.41, 5.74) is 1.80. The predicted molar refractivity (Wildman–Crippen MR) is 130 cm³/mol. The fraction of sp³-hybridized carbons (Fsp3) is 0.375. The van der Waals surface area contributed by atoms with Gasteiger partial charge in [-0.3, -0.25) is 5.10 Å². The number of H-pyrrole nitrogens is 1. The molecule has 39 heavy (non-hydrogen) atoms. The molecule has 1 saturated heterocycles. The van der Waals surface area contributed by atoms with Gasteiger partial charge in [0.1, 0.15) is 5.82 Å². The summed E-state index contributed by atoms with van der Waals surface area (Å²) in [6, 6.07) is 10.8. The molecule has 3 aromatic rings. The van der Waals surface area contributed by atoms with Crippen LogP contribution in [0.4, 0.5) is 55.0 Å². The van der Waals surface area contributed by atoms with Gasteiger partial charge in [-0.2, -0.15) is 31.4 Å². The van der Waals surface area contributed by atoms with Crippen LogP contribution in [0.2, 0.25) is 0 Å². The number of morpholine rings is 1. The molecule has 2 fully saturated rings. The molecule has 0 spiro atoms. The number of hydrogen-bond acceptors (Lipinski definition) is 7. The Morgan fingerprint density at radius 2 is 1.64 bits per heavy atom. The van der Waals surface area contributed by atoms with Gasteiger partial charge in [-0.05, 0) is 37.1 Å². The standard InChI is InChI=1S/C22H23F3N6O.C2HF3O2/c23-22(24,25)17-13-26-20(12-19(17)28-21-11-18(29-30-21)14-1-2-14)27-15-3-5-16(6-4-15)31-7-9-32-10-8-31;3-2(4,5)1(6)7/h3-6,11-14H,1-2,7-10H2,(H3,26,27,28,29,30);(H,6,7).